The molecule has 1 aliphatic rings. The molecule has 0 amide bonds. The third-order valence-corrected chi connectivity index (χ3v) is 4.02. The summed E-state index contributed by atoms with van der Waals surface area (Å²) in [6.07, 6.45) is 0. The first-order valence-corrected chi connectivity index (χ1v) is 6.66. The maximum atomic E-state index is 5.23. The van der Waals surface area contributed by atoms with E-state index < -0.39 is 0 Å². The third kappa shape index (κ3) is 2.29. The van der Waals surface area contributed by atoms with Crippen LogP contribution < -0.4 is 10.6 Å². The lowest BCUT2D eigenvalue weighted by atomic mass is 10.2. The van der Waals surface area contributed by atoms with E-state index in [1.165, 1.54) is 5.56 Å². The number of rotatable bonds is 2. The van der Waals surface area contributed by atoms with E-state index in [0.717, 1.165) is 20.5 Å². The topological polar surface area (TPSA) is 24.5 Å². The van der Waals surface area contributed by atoms with Crippen molar-refractivity contribution in [2.45, 2.75) is 12.3 Å². The van der Waals surface area contributed by atoms with Crippen LogP contribution in [0, 0.1) is 0 Å². The van der Waals surface area contributed by atoms with Crippen molar-refractivity contribution >= 4 is 44.2 Å². The Balaban J connectivity index is 2.24. The van der Waals surface area contributed by atoms with Crippen molar-refractivity contribution in [3.8, 4) is 0 Å². The highest BCUT2D eigenvalue weighted by atomic mass is 127. The molecule has 1 aliphatic heterocycles. The number of hydrogen-bond acceptors (Lipinski definition) is 3. The Hall–Kier alpha value is -0.270. The summed E-state index contributed by atoms with van der Waals surface area (Å²) in [4.78, 5) is 5.23. The van der Waals surface area contributed by atoms with Gasteiger partial charge in [0.15, 0.2) is 5.76 Å². The van der Waals surface area contributed by atoms with Gasteiger partial charge in [-0.05, 0) is 47.2 Å². The second-order valence-electron chi connectivity index (χ2n) is 3.18. The molecule has 1 N–H and O–H groups in total. The lowest BCUT2D eigenvalue weighted by Gasteiger charge is -2.16. The molecule has 15 heavy (non-hydrogen) atoms. The Kier molecular flexibility index (Phi) is 3.53. The van der Waals surface area contributed by atoms with Crippen molar-refractivity contribution in [1.29, 1.82) is 0 Å². The molecule has 1 heterocycles. The highest BCUT2D eigenvalue weighted by molar-refractivity contribution is 14.1. The highest BCUT2D eigenvalue weighted by Crippen LogP contribution is 2.28. The van der Waals surface area contributed by atoms with Gasteiger partial charge in [0.1, 0.15) is 3.70 Å². The first-order chi connectivity index (χ1) is 7.22. The molecule has 5 heteroatoms. The predicted octanol–water partition coefficient (Wildman–Crippen LogP) is 3.46. The van der Waals surface area contributed by atoms with Gasteiger partial charge in [-0.3, -0.25) is 0 Å². The van der Waals surface area contributed by atoms with Crippen LogP contribution in [0.3, 0.4) is 0 Å². The average molecular weight is 381 g/mol. The fraction of sp³-hybridized carbons (Fsp3) is 0.200. The largest absolute Gasteiger partial charge is 0.391 e. The summed E-state index contributed by atoms with van der Waals surface area (Å²) < 4.78 is 1.05. The van der Waals surface area contributed by atoms with Crippen molar-refractivity contribution in [1.82, 2.24) is 5.59 Å². The monoisotopic (exact) mass is 380 g/mol. The number of anilines is 1. The molecular weight excluding hydrogens is 371 g/mol. The molecule has 0 saturated carbocycles. The minimum Gasteiger partial charge on any atom is -0.391 e. The SMILES string of the molecule is CC1=C(I)N(c2ccc(CBr)cc2)NO1. The molecule has 0 fully saturated rings. The van der Waals surface area contributed by atoms with E-state index >= 15 is 0 Å². The van der Waals surface area contributed by atoms with Crippen LogP contribution in [-0.2, 0) is 10.2 Å². The van der Waals surface area contributed by atoms with Gasteiger partial charge < -0.3 is 4.84 Å². The zero-order chi connectivity index (χ0) is 10.8. The van der Waals surface area contributed by atoms with Gasteiger partial charge in [-0.1, -0.05) is 33.7 Å². The number of allylic oxidation sites excluding steroid dienone is 1. The molecule has 1 aromatic carbocycles. The molecule has 0 bridgehead atoms. The van der Waals surface area contributed by atoms with Gasteiger partial charge in [-0.2, -0.15) is 0 Å². The van der Waals surface area contributed by atoms with Crippen molar-refractivity contribution in [3.63, 3.8) is 0 Å². The summed E-state index contributed by atoms with van der Waals surface area (Å²) in [5.41, 5.74) is 5.18. The molecule has 0 radical (unpaired) electrons. The predicted molar refractivity (Wildman–Crippen MR) is 72.5 cm³/mol. The van der Waals surface area contributed by atoms with E-state index in [2.05, 4.69) is 68.4 Å². The van der Waals surface area contributed by atoms with Gasteiger partial charge in [0.2, 0.25) is 0 Å². The summed E-state index contributed by atoms with van der Waals surface area (Å²) >= 11 is 5.67. The Labute approximate surface area is 111 Å². The molecule has 0 atom stereocenters. The van der Waals surface area contributed by atoms with Gasteiger partial charge in [-0.25, -0.2) is 5.01 Å². The Morgan fingerprint density at radius 3 is 2.53 bits per heavy atom. The van der Waals surface area contributed by atoms with E-state index in [-0.39, 0.29) is 0 Å². The Morgan fingerprint density at radius 2 is 2.07 bits per heavy atom. The van der Waals surface area contributed by atoms with Crippen LogP contribution in [0.1, 0.15) is 12.5 Å². The van der Waals surface area contributed by atoms with Crippen molar-refractivity contribution in [2.24, 2.45) is 0 Å². The summed E-state index contributed by atoms with van der Waals surface area (Å²) in [6.45, 7) is 1.93. The Morgan fingerprint density at radius 1 is 1.40 bits per heavy atom. The maximum absolute atomic E-state index is 5.23. The number of halogens is 2. The third-order valence-electron chi connectivity index (χ3n) is 2.13. The average Bonchev–Trinajstić information content (AvgIpc) is 2.60. The van der Waals surface area contributed by atoms with Gasteiger partial charge in [0.25, 0.3) is 0 Å². The molecular formula is C10H10BrIN2O. The first kappa shape index (κ1) is 11.2. The number of hydrogen-bond donors (Lipinski definition) is 1. The van der Waals surface area contributed by atoms with Gasteiger partial charge in [-0.15, -0.1) is 0 Å². The number of nitrogens with one attached hydrogen (secondary N) is 1. The minimum atomic E-state index is 0.878. The quantitative estimate of drug-likeness (QED) is 0.483. The van der Waals surface area contributed by atoms with E-state index in [4.69, 9.17) is 4.84 Å². The first-order valence-electron chi connectivity index (χ1n) is 4.46. The van der Waals surface area contributed by atoms with Gasteiger partial charge in [0, 0.05) is 5.33 Å². The number of alkyl halides is 1. The van der Waals surface area contributed by atoms with Crippen molar-refractivity contribution in [3.05, 3.63) is 39.3 Å². The van der Waals surface area contributed by atoms with Gasteiger partial charge in [0.05, 0.1) is 5.69 Å². The Bertz CT molecular complexity index is 391. The zero-order valence-corrected chi connectivity index (χ0v) is 11.9. The van der Waals surface area contributed by atoms with E-state index in [1.54, 1.807) is 0 Å². The smallest absolute Gasteiger partial charge is 0.154 e. The van der Waals surface area contributed by atoms with Crippen LogP contribution in [0.2, 0.25) is 0 Å². The second-order valence-corrected chi connectivity index (χ2v) is 4.76. The minimum absolute atomic E-state index is 0.878. The number of nitrogens with zero attached hydrogens (tertiary/aromatic N) is 1. The summed E-state index contributed by atoms with van der Waals surface area (Å²) in [6, 6.07) is 8.29. The molecule has 0 unspecified atom stereocenters. The second kappa shape index (κ2) is 4.71. The van der Waals surface area contributed by atoms with Crippen LogP contribution >= 0.6 is 38.5 Å². The standard InChI is InChI=1S/C10H10BrIN2O/c1-7-10(12)14(13-15-7)9-4-2-8(6-11)3-5-9/h2-5,13H,6H2,1H3. The fourth-order valence-corrected chi connectivity index (χ4v) is 2.11. The zero-order valence-electron chi connectivity index (χ0n) is 8.13. The molecule has 0 saturated heterocycles. The summed E-state index contributed by atoms with van der Waals surface area (Å²) in [5, 5.41) is 2.79. The van der Waals surface area contributed by atoms with Gasteiger partial charge >= 0.3 is 0 Å². The number of hydrazine groups is 1. The van der Waals surface area contributed by atoms with Crippen LogP contribution in [0.5, 0.6) is 0 Å². The van der Waals surface area contributed by atoms with Crippen molar-refractivity contribution in [2.75, 3.05) is 5.01 Å². The molecule has 1 aromatic rings. The fourth-order valence-electron chi connectivity index (χ4n) is 1.25. The summed E-state index contributed by atoms with van der Waals surface area (Å²) in [5.74, 6) is 0.889. The summed E-state index contributed by atoms with van der Waals surface area (Å²) in [7, 11) is 0. The molecule has 2 rings (SSSR count). The van der Waals surface area contributed by atoms with Crippen LogP contribution in [0.15, 0.2) is 33.7 Å². The lowest BCUT2D eigenvalue weighted by molar-refractivity contribution is 0.132. The van der Waals surface area contributed by atoms with E-state index in [1.807, 2.05) is 11.9 Å². The van der Waals surface area contributed by atoms with E-state index in [9.17, 15) is 0 Å². The molecule has 3 nitrogen and oxygen atoms in total. The normalized spacial score (nSPS) is 15.8. The van der Waals surface area contributed by atoms with Crippen LogP contribution in [0.25, 0.3) is 0 Å². The molecule has 80 valence electrons. The lowest BCUT2D eigenvalue weighted by Crippen LogP contribution is -2.28. The molecule has 0 spiro atoms. The number of benzene rings is 1. The maximum Gasteiger partial charge on any atom is 0.154 e. The van der Waals surface area contributed by atoms with Crippen molar-refractivity contribution < 1.29 is 4.84 Å². The van der Waals surface area contributed by atoms with Crippen LogP contribution in [0.4, 0.5) is 5.69 Å². The molecule has 0 aliphatic carbocycles. The highest BCUT2D eigenvalue weighted by Gasteiger charge is 2.20. The molecule has 0 aromatic heterocycles. The van der Waals surface area contributed by atoms with E-state index in [0.29, 0.717) is 0 Å². The van der Waals surface area contributed by atoms with Crippen LogP contribution in [-0.4, -0.2) is 0 Å².